The third kappa shape index (κ3) is 5.39. The van der Waals surface area contributed by atoms with Crippen LogP contribution in [0.4, 0.5) is 0 Å². The predicted molar refractivity (Wildman–Crippen MR) is 137 cm³/mol. The van der Waals surface area contributed by atoms with Gasteiger partial charge >= 0.3 is 11.9 Å². The van der Waals surface area contributed by atoms with Gasteiger partial charge in [-0.1, -0.05) is 20.8 Å². The number of esters is 2. The van der Waals surface area contributed by atoms with Gasteiger partial charge < -0.3 is 14.6 Å². The van der Waals surface area contributed by atoms with Crippen LogP contribution in [0.15, 0.2) is 0 Å². The van der Waals surface area contributed by atoms with Crippen LogP contribution in [0.1, 0.15) is 97.8 Å². The maximum atomic E-state index is 12.9. The van der Waals surface area contributed by atoms with Crippen LogP contribution in [0.25, 0.3) is 0 Å². The summed E-state index contributed by atoms with van der Waals surface area (Å²) >= 11 is 0. The molecule has 37 heavy (non-hydrogen) atoms. The quantitative estimate of drug-likeness (QED) is 0.442. The van der Waals surface area contributed by atoms with Gasteiger partial charge in [0.15, 0.2) is 5.78 Å². The molecule has 0 aromatic carbocycles. The van der Waals surface area contributed by atoms with Gasteiger partial charge in [-0.3, -0.25) is 19.2 Å². The Kier molecular flexibility index (Phi) is 8.52. The number of hydrogen-bond donors (Lipinski definition) is 1. The molecule has 7 heteroatoms. The van der Waals surface area contributed by atoms with E-state index >= 15 is 0 Å². The summed E-state index contributed by atoms with van der Waals surface area (Å²) in [6.07, 6.45) is 8.33. The van der Waals surface area contributed by atoms with Gasteiger partial charge in [0.2, 0.25) is 0 Å². The average Bonchev–Trinajstić information content (AvgIpc) is 3.23. The lowest BCUT2D eigenvalue weighted by Crippen LogP contribution is -2.59. The second-order valence-corrected chi connectivity index (χ2v) is 13.0. The van der Waals surface area contributed by atoms with Crippen molar-refractivity contribution < 1.29 is 33.8 Å². The minimum absolute atomic E-state index is 0.00327. The Labute approximate surface area is 221 Å². The first-order valence-electron chi connectivity index (χ1n) is 14.4. The van der Waals surface area contributed by atoms with Gasteiger partial charge in [-0.2, -0.15) is 0 Å². The van der Waals surface area contributed by atoms with Crippen LogP contribution < -0.4 is 0 Å². The lowest BCUT2D eigenvalue weighted by Gasteiger charge is -2.62. The maximum Gasteiger partial charge on any atom is 0.306 e. The highest BCUT2D eigenvalue weighted by molar-refractivity contribution is 5.83. The van der Waals surface area contributed by atoms with Gasteiger partial charge in [-0.05, 0) is 85.4 Å². The van der Waals surface area contributed by atoms with Crippen LogP contribution >= 0.6 is 0 Å². The van der Waals surface area contributed by atoms with Crippen LogP contribution in [-0.4, -0.2) is 48.4 Å². The maximum absolute atomic E-state index is 12.9. The summed E-state index contributed by atoms with van der Waals surface area (Å²) in [5.41, 5.74) is 0.214. The molecule has 4 rings (SSSR count). The van der Waals surface area contributed by atoms with E-state index < -0.39 is 6.61 Å². The summed E-state index contributed by atoms with van der Waals surface area (Å²) in [5, 5.41) is 9.03. The monoisotopic (exact) mass is 518 g/mol. The number of carbonyl (C=O) groups is 4. The van der Waals surface area contributed by atoms with E-state index in [1.807, 2.05) is 0 Å². The fourth-order valence-electron chi connectivity index (χ4n) is 9.28. The Hall–Kier alpha value is -1.76. The van der Waals surface area contributed by atoms with Gasteiger partial charge in [0, 0.05) is 31.6 Å². The first-order chi connectivity index (χ1) is 17.5. The summed E-state index contributed by atoms with van der Waals surface area (Å²) in [4.78, 5) is 48.7. The number of rotatable bonds is 9. The zero-order valence-electron chi connectivity index (χ0n) is 23.1. The zero-order chi connectivity index (χ0) is 27.0. The molecule has 4 aliphatic carbocycles. The smallest absolute Gasteiger partial charge is 0.306 e. The predicted octanol–water partition coefficient (Wildman–Crippen LogP) is 4.67. The zero-order valence-corrected chi connectivity index (χ0v) is 23.1. The van der Waals surface area contributed by atoms with E-state index in [-0.39, 0.29) is 59.3 Å². The number of Topliss-reactive ketones (excluding diaryl/α,β-unsaturated/α-hetero) is 2. The molecule has 0 aromatic heterocycles. The third-order valence-electron chi connectivity index (χ3n) is 11.3. The van der Waals surface area contributed by atoms with Crippen molar-refractivity contribution in [2.75, 3.05) is 13.7 Å². The van der Waals surface area contributed by atoms with E-state index in [2.05, 4.69) is 20.8 Å². The molecule has 0 heterocycles. The molecule has 1 N–H and O–H groups in total. The Morgan fingerprint density at radius 3 is 2.43 bits per heavy atom. The molecule has 4 saturated carbocycles. The summed E-state index contributed by atoms with van der Waals surface area (Å²) in [7, 11) is 1.44. The Morgan fingerprint density at radius 2 is 1.73 bits per heavy atom. The molecule has 0 saturated heterocycles. The van der Waals surface area contributed by atoms with Gasteiger partial charge in [-0.25, -0.2) is 0 Å². The van der Waals surface area contributed by atoms with Gasteiger partial charge in [0.1, 0.15) is 18.5 Å². The molecular weight excluding hydrogens is 472 g/mol. The molecule has 0 bridgehead atoms. The topological polar surface area (TPSA) is 107 Å². The molecule has 7 nitrogen and oxygen atoms in total. The summed E-state index contributed by atoms with van der Waals surface area (Å²) in [5.74, 6) is 1.70. The fraction of sp³-hybridized carbons (Fsp3) is 0.867. The van der Waals surface area contributed by atoms with Crippen molar-refractivity contribution in [3.8, 4) is 0 Å². The number of fused-ring (bicyclic) bond motifs is 5. The van der Waals surface area contributed by atoms with E-state index in [4.69, 9.17) is 14.6 Å². The number of aliphatic hydroxyl groups is 1. The van der Waals surface area contributed by atoms with Crippen molar-refractivity contribution in [2.45, 2.75) is 104 Å². The van der Waals surface area contributed by atoms with Gasteiger partial charge in [0.25, 0.3) is 0 Å². The van der Waals surface area contributed by atoms with Crippen LogP contribution in [0, 0.1) is 46.3 Å². The highest BCUT2D eigenvalue weighted by atomic mass is 16.5. The fourth-order valence-corrected chi connectivity index (χ4v) is 9.28. The lowest BCUT2D eigenvalue weighted by atomic mass is 9.43. The van der Waals surface area contributed by atoms with Gasteiger partial charge in [-0.15, -0.1) is 0 Å². The second-order valence-electron chi connectivity index (χ2n) is 13.0. The Balaban J connectivity index is 1.57. The van der Waals surface area contributed by atoms with Crippen molar-refractivity contribution in [3.63, 3.8) is 0 Å². The normalized spacial score (nSPS) is 39.6. The summed E-state index contributed by atoms with van der Waals surface area (Å²) in [6, 6.07) is 0. The van der Waals surface area contributed by atoms with E-state index in [1.54, 1.807) is 0 Å². The molecule has 0 aliphatic heterocycles. The number of carbonyl (C=O) groups excluding carboxylic acids is 4. The molecule has 0 spiro atoms. The highest BCUT2D eigenvalue weighted by Crippen LogP contribution is 2.68. The van der Waals surface area contributed by atoms with Crippen LogP contribution in [0.3, 0.4) is 0 Å². The van der Waals surface area contributed by atoms with E-state index in [0.717, 1.165) is 44.9 Å². The van der Waals surface area contributed by atoms with Crippen LogP contribution in [-0.2, 0) is 28.7 Å². The molecule has 9 atom stereocenters. The number of ether oxygens (including phenoxy) is 2. The van der Waals surface area contributed by atoms with Crippen LogP contribution in [0.5, 0.6) is 0 Å². The first kappa shape index (κ1) is 28.3. The molecule has 4 aliphatic rings. The molecule has 0 amide bonds. The van der Waals surface area contributed by atoms with E-state index in [0.29, 0.717) is 48.7 Å². The second kappa shape index (κ2) is 11.2. The van der Waals surface area contributed by atoms with Crippen LogP contribution in [0.2, 0.25) is 0 Å². The standard InChI is InChI=1S/C30H46O7/c1-18(5-9-26(34)36-4)22-7-8-23-28-24(12-14-30(22,23)3)29(2)13-11-20(32)15-19(29)16-25(28)37-27(35)10-6-21(33)17-31/h18-19,22-25,28,31H,5-17H2,1-4H3/t18-,19?,22-,23+,24+,25-,28+,29+,30-/m1/s1. The largest absolute Gasteiger partial charge is 0.469 e. The van der Waals surface area contributed by atoms with Gasteiger partial charge in [0.05, 0.1) is 13.5 Å². The molecule has 208 valence electrons. The van der Waals surface area contributed by atoms with E-state index in [9.17, 15) is 19.2 Å². The molecular formula is C30H46O7. The third-order valence-corrected chi connectivity index (χ3v) is 11.3. The van der Waals surface area contributed by atoms with Crippen molar-refractivity contribution in [1.29, 1.82) is 0 Å². The molecule has 4 fully saturated rings. The average molecular weight is 519 g/mol. The SMILES string of the molecule is COC(=O)CC[C@@H](C)[C@H]1CC[C@H]2[C@@H]3[C@H](OC(=O)CCC(=O)CO)CC4CC(=O)CC[C@]4(C)[C@H]3CC[C@]12C. The lowest BCUT2D eigenvalue weighted by molar-refractivity contribution is -0.191. The Bertz CT molecular complexity index is 898. The summed E-state index contributed by atoms with van der Waals surface area (Å²) in [6.45, 7) is 6.53. The number of hydrogen-bond acceptors (Lipinski definition) is 7. The Morgan fingerprint density at radius 1 is 1.00 bits per heavy atom. The summed E-state index contributed by atoms with van der Waals surface area (Å²) < 4.78 is 11.1. The molecule has 0 radical (unpaired) electrons. The number of ketones is 2. The minimum Gasteiger partial charge on any atom is -0.469 e. The van der Waals surface area contributed by atoms with Crippen molar-refractivity contribution >= 4 is 23.5 Å². The van der Waals surface area contributed by atoms with E-state index in [1.165, 1.54) is 7.11 Å². The molecule has 1 unspecified atom stereocenters. The number of aliphatic hydroxyl groups excluding tert-OH is 1. The molecule has 0 aromatic rings. The number of methoxy groups -OCH3 is 1. The minimum atomic E-state index is -0.556. The van der Waals surface area contributed by atoms with Crippen molar-refractivity contribution in [1.82, 2.24) is 0 Å². The highest BCUT2D eigenvalue weighted by Gasteiger charge is 2.63. The first-order valence-corrected chi connectivity index (χ1v) is 14.4. The van der Waals surface area contributed by atoms with Crippen molar-refractivity contribution in [3.05, 3.63) is 0 Å². The van der Waals surface area contributed by atoms with Crippen molar-refractivity contribution in [2.24, 2.45) is 46.3 Å².